The molecule has 5 nitrogen and oxygen atoms in total. The first kappa shape index (κ1) is 13.9. The average molecular weight is 308 g/mol. The molecule has 0 radical (unpaired) electrons. The Morgan fingerprint density at radius 3 is 2.04 bits per heavy atom. The lowest BCUT2D eigenvalue weighted by molar-refractivity contribution is -0.130. The molecular weight excluding hydrogens is 292 g/mol. The molecule has 1 saturated heterocycles. The zero-order valence-electron chi connectivity index (χ0n) is 12.6. The number of rotatable bonds is 2. The van der Waals surface area contributed by atoms with Crippen LogP contribution >= 0.6 is 0 Å². The standard InChI is InChI=1S/C18H16N2O3/c21-15(19-9-1-2-10-19)11-20-17(22)13-7-3-5-12-6-4-8-14(16(12)13)18(20)23/h3-8H,1-2,9-11H2. The minimum Gasteiger partial charge on any atom is -0.341 e. The molecule has 5 heteroatoms. The van der Waals surface area contributed by atoms with Crippen LogP contribution in [-0.2, 0) is 4.79 Å². The zero-order valence-corrected chi connectivity index (χ0v) is 12.6. The Morgan fingerprint density at radius 1 is 0.913 bits per heavy atom. The molecule has 0 aromatic heterocycles. The van der Waals surface area contributed by atoms with E-state index in [4.69, 9.17) is 0 Å². The average Bonchev–Trinajstić information content (AvgIpc) is 3.11. The van der Waals surface area contributed by atoms with Gasteiger partial charge in [-0.25, -0.2) is 0 Å². The number of hydrogen-bond acceptors (Lipinski definition) is 3. The Labute approximate surface area is 133 Å². The number of benzene rings is 2. The summed E-state index contributed by atoms with van der Waals surface area (Å²) in [5, 5.41) is 1.56. The molecule has 4 rings (SSSR count). The van der Waals surface area contributed by atoms with E-state index >= 15 is 0 Å². The maximum absolute atomic E-state index is 12.7. The van der Waals surface area contributed by atoms with Gasteiger partial charge in [0.2, 0.25) is 5.91 Å². The number of likely N-dealkylation sites (tertiary alicyclic amines) is 1. The van der Waals surface area contributed by atoms with Crippen LogP contribution in [0.25, 0.3) is 10.8 Å². The number of carbonyl (C=O) groups is 3. The highest BCUT2D eigenvalue weighted by molar-refractivity contribution is 6.26. The van der Waals surface area contributed by atoms with E-state index < -0.39 is 0 Å². The van der Waals surface area contributed by atoms with Gasteiger partial charge in [0, 0.05) is 29.6 Å². The number of amides is 3. The van der Waals surface area contributed by atoms with E-state index in [-0.39, 0.29) is 24.3 Å². The van der Waals surface area contributed by atoms with Crippen molar-refractivity contribution in [3.05, 3.63) is 47.5 Å². The van der Waals surface area contributed by atoms with Crippen LogP contribution in [0.3, 0.4) is 0 Å². The van der Waals surface area contributed by atoms with Crippen molar-refractivity contribution < 1.29 is 14.4 Å². The number of imide groups is 1. The zero-order chi connectivity index (χ0) is 16.0. The molecule has 2 aliphatic heterocycles. The number of nitrogens with zero attached hydrogens (tertiary/aromatic N) is 2. The summed E-state index contributed by atoms with van der Waals surface area (Å²) in [7, 11) is 0. The fourth-order valence-corrected chi connectivity index (χ4v) is 3.43. The predicted molar refractivity (Wildman–Crippen MR) is 85.1 cm³/mol. The second-order valence-electron chi connectivity index (χ2n) is 5.99. The van der Waals surface area contributed by atoms with Gasteiger partial charge in [-0.15, -0.1) is 0 Å². The SMILES string of the molecule is O=C(CN1C(=O)c2cccc3cccc(c23)C1=O)N1CCCC1. The summed E-state index contributed by atoms with van der Waals surface area (Å²) in [4.78, 5) is 40.5. The van der Waals surface area contributed by atoms with Crippen molar-refractivity contribution in [2.75, 3.05) is 19.6 Å². The Bertz CT molecular complexity index is 787. The molecule has 0 saturated carbocycles. The van der Waals surface area contributed by atoms with Gasteiger partial charge < -0.3 is 4.90 Å². The number of hydrogen-bond donors (Lipinski definition) is 0. The summed E-state index contributed by atoms with van der Waals surface area (Å²) >= 11 is 0. The molecule has 23 heavy (non-hydrogen) atoms. The summed E-state index contributed by atoms with van der Waals surface area (Å²) in [5.41, 5.74) is 0.985. The summed E-state index contributed by atoms with van der Waals surface area (Å²) in [6.07, 6.45) is 1.96. The van der Waals surface area contributed by atoms with Crippen molar-refractivity contribution in [1.29, 1.82) is 0 Å². The topological polar surface area (TPSA) is 57.7 Å². The Balaban J connectivity index is 1.72. The van der Waals surface area contributed by atoms with E-state index in [1.165, 1.54) is 0 Å². The van der Waals surface area contributed by atoms with Crippen molar-refractivity contribution in [3.63, 3.8) is 0 Å². The molecule has 0 N–H and O–H groups in total. The molecule has 0 unspecified atom stereocenters. The van der Waals surface area contributed by atoms with Gasteiger partial charge >= 0.3 is 0 Å². The molecule has 2 heterocycles. The first-order valence-corrected chi connectivity index (χ1v) is 7.82. The first-order chi connectivity index (χ1) is 11.2. The maximum Gasteiger partial charge on any atom is 0.261 e. The Hall–Kier alpha value is -2.69. The highest BCUT2D eigenvalue weighted by atomic mass is 16.2. The van der Waals surface area contributed by atoms with Crippen molar-refractivity contribution in [2.24, 2.45) is 0 Å². The quantitative estimate of drug-likeness (QED) is 0.798. The Morgan fingerprint density at radius 2 is 1.48 bits per heavy atom. The lowest BCUT2D eigenvalue weighted by Crippen LogP contribution is -2.46. The van der Waals surface area contributed by atoms with Crippen LogP contribution in [0, 0.1) is 0 Å². The van der Waals surface area contributed by atoms with Crippen molar-refractivity contribution in [2.45, 2.75) is 12.8 Å². The Kier molecular flexibility index (Phi) is 3.15. The highest BCUT2D eigenvalue weighted by Crippen LogP contribution is 2.29. The molecule has 0 spiro atoms. The van der Waals surface area contributed by atoms with Crippen LogP contribution in [0.2, 0.25) is 0 Å². The molecule has 1 fully saturated rings. The molecule has 3 amide bonds. The lowest BCUT2D eigenvalue weighted by atomic mass is 9.94. The van der Waals surface area contributed by atoms with Crippen LogP contribution < -0.4 is 0 Å². The summed E-state index contributed by atoms with van der Waals surface area (Å²) < 4.78 is 0. The van der Waals surface area contributed by atoms with Gasteiger partial charge in [-0.3, -0.25) is 19.3 Å². The van der Waals surface area contributed by atoms with Crippen LogP contribution in [0.4, 0.5) is 0 Å². The first-order valence-electron chi connectivity index (χ1n) is 7.82. The normalized spacial score (nSPS) is 17.2. The van der Waals surface area contributed by atoms with Gasteiger partial charge in [0.1, 0.15) is 6.54 Å². The van der Waals surface area contributed by atoms with Gasteiger partial charge in [0.25, 0.3) is 11.8 Å². The molecule has 0 bridgehead atoms. The van der Waals surface area contributed by atoms with E-state index in [2.05, 4.69) is 0 Å². The third kappa shape index (κ3) is 2.11. The second-order valence-corrected chi connectivity index (χ2v) is 5.99. The van der Waals surface area contributed by atoms with Crippen LogP contribution in [0.5, 0.6) is 0 Å². The van der Waals surface area contributed by atoms with E-state index in [0.29, 0.717) is 29.6 Å². The van der Waals surface area contributed by atoms with Crippen molar-refractivity contribution >= 4 is 28.5 Å². The van der Waals surface area contributed by atoms with Gasteiger partial charge in [0.15, 0.2) is 0 Å². The van der Waals surface area contributed by atoms with Crippen LogP contribution in [-0.4, -0.2) is 47.2 Å². The molecule has 116 valence electrons. The second kappa shape index (κ2) is 5.19. The summed E-state index contributed by atoms with van der Waals surface area (Å²) in [6.45, 7) is 1.24. The van der Waals surface area contributed by atoms with Crippen molar-refractivity contribution in [3.8, 4) is 0 Å². The maximum atomic E-state index is 12.7. The fraction of sp³-hybridized carbons (Fsp3) is 0.278. The third-order valence-electron chi connectivity index (χ3n) is 4.61. The van der Waals surface area contributed by atoms with Crippen LogP contribution in [0.15, 0.2) is 36.4 Å². The predicted octanol–water partition coefficient (Wildman–Crippen LogP) is 2.06. The minimum atomic E-state index is -0.383. The summed E-state index contributed by atoms with van der Waals surface area (Å²) in [6, 6.07) is 10.8. The van der Waals surface area contributed by atoms with E-state index in [9.17, 15) is 14.4 Å². The smallest absolute Gasteiger partial charge is 0.261 e. The van der Waals surface area contributed by atoms with E-state index in [1.807, 2.05) is 12.1 Å². The summed E-state index contributed by atoms with van der Waals surface area (Å²) in [5.74, 6) is -0.922. The fourth-order valence-electron chi connectivity index (χ4n) is 3.43. The molecule has 0 aliphatic carbocycles. The third-order valence-corrected chi connectivity index (χ3v) is 4.61. The largest absolute Gasteiger partial charge is 0.341 e. The lowest BCUT2D eigenvalue weighted by Gasteiger charge is -2.28. The van der Waals surface area contributed by atoms with Gasteiger partial charge in [0.05, 0.1) is 0 Å². The molecule has 0 atom stereocenters. The minimum absolute atomic E-state index is 0.157. The van der Waals surface area contributed by atoms with Crippen LogP contribution in [0.1, 0.15) is 33.6 Å². The van der Waals surface area contributed by atoms with E-state index in [1.54, 1.807) is 29.2 Å². The van der Waals surface area contributed by atoms with Gasteiger partial charge in [-0.2, -0.15) is 0 Å². The molecule has 2 aliphatic rings. The van der Waals surface area contributed by atoms with Crippen molar-refractivity contribution in [1.82, 2.24) is 9.80 Å². The van der Waals surface area contributed by atoms with Gasteiger partial charge in [-0.05, 0) is 30.4 Å². The number of carbonyl (C=O) groups excluding carboxylic acids is 3. The molecule has 2 aromatic carbocycles. The van der Waals surface area contributed by atoms with E-state index in [0.717, 1.165) is 23.1 Å². The molecule has 2 aromatic rings. The molecular formula is C18H16N2O3. The van der Waals surface area contributed by atoms with Gasteiger partial charge in [-0.1, -0.05) is 24.3 Å². The monoisotopic (exact) mass is 308 g/mol. The highest BCUT2D eigenvalue weighted by Gasteiger charge is 2.35.